The third kappa shape index (κ3) is 3.29. The summed E-state index contributed by atoms with van der Waals surface area (Å²) < 4.78 is 5.40. The number of methoxy groups -OCH3 is 1. The van der Waals surface area contributed by atoms with Crippen molar-refractivity contribution in [3.8, 4) is 5.75 Å². The van der Waals surface area contributed by atoms with Crippen LogP contribution in [0.3, 0.4) is 0 Å². The van der Waals surface area contributed by atoms with Crippen LogP contribution in [-0.2, 0) is 0 Å². The fourth-order valence-electron chi connectivity index (χ4n) is 2.96. The van der Waals surface area contributed by atoms with E-state index in [4.69, 9.17) is 4.74 Å². The van der Waals surface area contributed by atoms with Gasteiger partial charge in [-0.1, -0.05) is 18.2 Å². The number of rotatable bonds is 4. The van der Waals surface area contributed by atoms with Crippen molar-refractivity contribution in [3.05, 3.63) is 59.4 Å². The molecule has 0 radical (unpaired) electrons. The number of aryl methyl sites for hydroxylation is 1. The Balaban J connectivity index is 1.99. The molecule has 1 saturated heterocycles. The van der Waals surface area contributed by atoms with Crippen molar-refractivity contribution in [3.63, 3.8) is 0 Å². The van der Waals surface area contributed by atoms with E-state index in [1.807, 2.05) is 12.3 Å². The molecule has 1 unspecified atom stereocenters. The van der Waals surface area contributed by atoms with Crippen LogP contribution in [0.1, 0.15) is 22.9 Å². The minimum absolute atomic E-state index is 0.179. The van der Waals surface area contributed by atoms with Crippen LogP contribution < -0.4 is 10.1 Å². The molecule has 2 heterocycles. The molecule has 1 aliphatic rings. The molecular formula is C18H23N3O. The molecule has 2 aromatic rings. The molecule has 1 fully saturated rings. The highest BCUT2D eigenvalue weighted by molar-refractivity contribution is 5.35. The van der Waals surface area contributed by atoms with Crippen molar-refractivity contribution in [2.24, 2.45) is 0 Å². The standard InChI is InChI=1S/C18H23N3O/c1-14-6-7-17(20-13-14)18(21-10-8-19-9-11-21)15-4-3-5-16(12-15)22-2/h3-7,12-13,18-19H,8-11H2,1-2H3. The number of ether oxygens (including phenoxy) is 1. The quantitative estimate of drug-likeness (QED) is 0.940. The average molecular weight is 297 g/mol. The van der Waals surface area contributed by atoms with E-state index in [9.17, 15) is 0 Å². The van der Waals surface area contributed by atoms with Gasteiger partial charge in [0.05, 0.1) is 18.8 Å². The summed E-state index contributed by atoms with van der Waals surface area (Å²) in [6.45, 7) is 6.16. The SMILES string of the molecule is COc1cccc(C(c2ccc(C)cn2)N2CCNCC2)c1. The van der Waals surface area contributed by atoms with Crippen LogP contribution in [0.4, 0.5) is 0 Å². The number of pyridine rings is 1. The third-order valence-electron chi connectivity index (χ3n) is 4.14. The van der Waals surface area contributed by atoms with Gasteiger partial charge in [0, 0.05) is 32.4 Å². The molecule has 0 spiro atoms. The molecule has 0 bridgehead atoms. The summed E-state index contributed by atoms with van der Waals surface area (Å²) in [6.07, 6.45) is 1.95. The maximum atomic E-state index is 5.40. The lowest BCUT2D eigenvalue weighted by Crippen LogP contribution is -2.45. The molecule has 4 nitrogen and oxygen atoms in total. The van der Waals surface area contributed by atoms with Crippen molar-refractivity contribution in [2.75, 3.05) is 33.3 Å². The van der Waals surface area contributed by atoms with Crippen molar-refractivity contribution in [1.82, 2.24) is 15.2 Å². The lowest BCUT2D eigenvalue weighted by atomic mass is 10.00. The van der Waals surface area contributed by atoms with Crippen LogP contribution in [0.5, 0.6) is 5.75 Å². The molecule has 1 aliphatic heterocycles. The normalized spacial score (nSPS) is 17.2. The third-order valence-corrected chi connectivity index (χ3v) is 4.14. The summed E-state index contributed by atoms with van der Waals surface area (Å²) in [5, 5.41) is 3.42. The second kappa shape index (κ2) is 6.90. The zero-order valence-electron chi connectivity index (χ0n) is 13.2. The molecule has 1 aromatic carbocycles. The number of nitrogens with zero attached hydrogens (tertiary/aromatic N) is 2. The van der Waals surface area contributed by atoms with E-state index in [1.54, 1.807) is 7.11 Å². The van der Waals surface area contributed by atoms with Gasteiger partial charge < -0.3 is 10.1 Å². The highest BCUT2D eigenvalue weighted by Gasteiger charge is 2.25. The fraction of sp³-hybridized carbons (Fsp3) is 0.389. The van der Waals surface area contributed by atoms with E-state index >= 15 is 0 Å². The molecule has 22 heavy (non-hydrogen) atoms. The second-order valence-corrected chi connectivity index (χ2v) is 5.73. The van der Waals surface area contributed by atoms with E-state index < -0.39 is 0 Å². The molecule has 1 N–H and O–H groups in total. The smallest absolute Gasteiger partial charge is 0.119 e. The van der Waals surface area contributed by atoms with Gasteiger partial charge in [-0.15, -0.1) is 0 Å². The first-order valence-corrected chi connectivity index (χ1v) is 7.79. The van der Waals surface area contributed by atoms with Gasteiger partial charge in [-0.2, -0.15) is 0 Å². The number of hydrogen-bond donors (Lipinski definition) is 1. The van der Waals surface area contributed by atoms with Gasteiger partial charge >= 0.3 is 0 Å². The Hall–Kier alpha value is -1.91. The van der Waals surface area contributed by atoms with E-state index in [0.717, 1.165) is 37.6 Å². The Morgan fingerprint density at radius 2 is 2.00 bits per heavy atom. The van der Waals surface area contributed by atoms with E-state index in [2.05, 4.69) is 52.5 Å². The van der Waals surface area contributed by atoms with Crippen molar-refractivity contribution >= 4 is 0 Å². The van der Waals surface area contributed by atoms with E-state index in [-0.39, 0.29) is 6.04 Å². The van der Waals surface area contributed by atoms with Gasteiger partial charge in [0.1, 0.15) is 5.75 Å². The topological polar surface area (TPSA) is 37.4 Å². The predicted molar refractivity (Wildman–Crippen MR) is 88.3 cm³/mol. The summed E-state index contributed by atoms with van der Waals surface area (Å²) in [5.41, 5.74) is 3.52. The second-order valence-electron chi connectivity index (χ2n) is 5.73. The lowest BCUT2D eigenvalue weighted by Gasteiger charge is -2.35. The first kappa shape index (κ1) is 15.0. The molecule has 1 aromatic heterocycles. The highest BCUT2D eigenvalue weighted by atomic mass is 16.5. The zero-order chi connectivity index (χ0) is 15.4. The minimum atomic E-state index is 0.179. The maximum absolute atomic E-state index is 5.40. The summed E-state index contributed by atoms with van der Waals surface area (Å²) in [4.78, 5) is 7.17. The van der Waals surface area contributed by atoms with E-state index in [0.29, 0.717) is 0 Å². The maximum Gasteiger partial charge on any atom is 0.119 e. The number of nitrogens with one attached hydrogen (secondary N) is 1. The number of aromatic nitrogens is 1. The molecule has 116 valence electrons. The highest BCUT2D eigenvalue weighted by Crippen LogP contribution is 2.29. The van der Waals surface area contributed by atoms with Crippen LogP contribution >= 0.6 is 0 Å². The summed E-state index contributed by atoms with van der Waals surface area (Å²) >= 11 is 0. The van der Waals surface area contributed by atoms with Crippen LogP contribution in [0, 0.1) is 6.92 Å². The molecular weight excluding hydrogens is 274 g/mol. The van der Waals surface area contributed by atoms with Crippen LogP contribution in [0.15, 0.2) is 42.6 Å². The first-order valence-electron chi connectivity index (χ1n) is 7.79. The minimum Gasteiger partial charge on any atom is -0.497 e. The first-order chi connectivity index (χ1) is 10.8. The average Bonchev–Trinajstić information content (AvgIpc) is 2.58. The number of hydrogen-bond acceptors (Lipinski definition) is 4. The Morgan fingerprint density at radius 3 is 2.68 bits per heavy atom. The largest absolute Gasteiger partial charge is 0.497 e. The van der Waals surface area contributed by atoms with Crippen LogP contribution in [0.25, 0.3) is 0 Å². The number of piperazine rings is 1. The summed E-state index contributed by atoms with van der Waals surface area (Å²) in [7, 11) is 1.71. The van der Waals surface area contributed by atoms with Gasteiger partial charge in [-0.05, 0) is 36.2 Å². The van der Waals surface area contributed by atoms with Gasteiger partial charge in [0.25, 0.3) is 0 Å². The Labute approximate surface area is 132 Å². The Morgan fingerprint density at radius 1 is 1.18 bits per heavy atom. The molecule has 0 saturated carbocycles. The molecule has 0 aliphatic carbocycles. The van der Waals surface area contributed by atoms with Gasteiger partial charge in [-0.25, -0.2) is 0 Å². The predicted octanol–water partition coefficient (Wildman–Crippen LogP) is 2.39. The van der Waals surface area contributed by atoms with Crippen LogP contribution in [-0.4, -0.2) is 43.2 Å². The fourth-order valence-corrected chi connectivity index (χ4v) is 2.96. The Bertz CT molecular complexity index is 606. The summed E-state index contributed by atoms with van der Waals surface area (Å²) in [6, 6.07) is 12.8. The van der Waals surface area contributed by atoms with Gasteiger partial charge in [0.15, 0.2) is 0 Å². The van der Waals surface area contributed by atoms with Crippen molar-refractivity contribution in [2.45, 2.75) is 13.0 Å². The monoisotopic (exact) mass is 297 g/mol. The molecule has 1 atom stereocenters. The number of benzene rings is 1. The van der Waals surface area contributed by atoms with Gasteiger partial charge in [-0.3, -0.25) is 9.88 Å². The van der Waals surface area contributed by atoms with Crippen molar-refractivity contribution in [1.29, 1.82) is 0 Å². The zero-order valence-corrected chi connectivity index (χ0v) is 13.2. The molecule has 4 heteroatoms. The lowest BCUT2D eigenvalue weighted by molar-refractivity contribution is 0.195. The van der Waals surface area contributed by atoms with Crippen LogP contribution in [0.2, 0.25) is 0 Å². The Kier molecular flexibility index (Phi) is 4.71. The van der Waals surface area contributed by atoms with Crippen molar-refractivity contribution < 1.29 is 4.74 Å². The summed E-state index contributed by atoms with van der Waals surface area (Å²) in [5.74, 6) is 0.893. The van der Waals surface area contributed by atoms with E-state index in [1.165, 1.54) is 11.1 Å². The molecule has 3 rings (SSSR count). The van der Waals surface area contributed by atoms with Gasteiger partial charge in [0.2, 0.25) is 0 Å². The molecule has 0 amide bonds.